The van der Waals surface area contributed by atoms with Gasteiger partial charge in [0.15, 0.2) is 6.54 Å². The third-order valence-electron chi connectivity index (χ3n) is 2.00. The Kier molecular flexibility index (Phi) is 5.71. The molecule has 0 aromatic rings. The average molecular weight is 238 g/mol. The molecule has 7 nitrogen and oxygen atoms in total. The molecular weight excluding hydrogens is 224 g/mol. The number of hydrogen-bond donors (Lipinski definition) is 1. The minimum absolute atomic E-state index is 0.614. The van der Waals surface area contributed by atoms with Crippen molar-refractivity contribution in [2.24, 2.45) is 0 Å². The molecule has 0 aromatic carbocycles. The summed E-state index contributed by atoms with van der Waals surface area (Å²) in [6, 6.07) is 2.19. The van der Waals surface area contributed by atoms with Gasteiger partial charge in [-0.15, -0.1) is 0 Å². The zero-order valence-electron chi connectivity index (χ0n) is 8.42. The van der Waals surface area contributed by atoms with Crippen molar-refractivity contribution in [3.05, 3.63) is 0 Å². The van der Waals surface area contributed by atoms with E-state index in [2.05, 4.69) is 13.1 Å². The third-order valence-corrected chi connectivity index (χ3v) is 2.00. The van der Waals surface area contributed by atoms with Crippen molar-refractivity contribution < 1.29 is 26.7 Å². The molecule has 88 valence electrons. The molecule has 0 bridgehead atoms. The molecule has 8 heteroatoms. The van der Waals surface area contributed by atoms with E-state index in [9.17, 15) is 0 Å². The fraction of sp³-hybridized carbons (Fsp3) is 0.857. The monoisotopic (exact) mass is 238 g/mol. The first-order chi connectivity index (χ1) is 6.77. The van der Waals surface area contributed by atoms with Crippen LogP contribution in [0.25, 0.3) is 0 Å². The average Bonchev–Trinajstić information content (AvgIpc) is 2.02. The van der Waals surface area contributed by atoms with Crippen LogP contribution in [0.15, 0.2) is 0 Å². The lowest BCUT2D eigenvalue weighted by Crippen LogP contribution is -2.51. The summed E-state index contributed by atoms with van der Waals surface area (Å²) >= 11 is 0. The van der Waals surface area contributed by atoms with E-state index in [1.54, 1.807) is 0 Å². The van der Waals surface area contributed by atoms with Crippen molar-refractivity contribution in [3.63, 3.8) is 0 Å². The highest BCUT2D eigenvalue weighted by Crippen LogP contribution is 2.05. The molecule has 1 aliphatic rings. The maximum absolute atomic E-state index is 8.63. The number of morpholine rings is 1. The van der Waals surface area contributed by atoms with Gasteiger partial charge in [0.25, 0.3) is 0 Å². The highest BCUT2D eigenvalue weighted by molar-refractivity contribution is 7.79. The highest BCUT2D eigenvalue weighted by Gasteiger charge is 2.24. The van der Waals surface area contributed by atoms with Crippen LogP contribution in [0, 0.1) is 11.3 Å². The van der Waals surface area contributed by atoms with Crippen LogP contribution in [0.4, 0.5) is 0 Å². The Morgan fingerprint density at radius 1 is 1.53 bits per heavy atom. The van der Waals surface area contributed by atoms with E-state index < -0.39 is 10.4 Å². The quantitative estimate of drug-likeness (QED) is 0.271. The third kappa shape index (κ3) is 9.58. The van der Waals surface area contributed by atoms with Gasteiger partial charge in [0.05, 0.1) is 20.3 Å². The SMILES string of the molecule is C[N+]1(CC#N)CCOCC1.O=S(=O)([O-])O. The molecule has 0 amide bonds. The molecule has 0 aromatic heterocycles. The Morgan fingerprint density at radius 3 is 2.27 bits per heavy atom. The second-order valence-electron chi connectivity index (χ2n) is 3.42. The zero-order chi connectivity index (χ0) is 11.9. The van der Waals surface area contributed by atoms with Gasteiger partial charge >= 0.3 is 0 Å². The van der Waals surface area contributed by atoms with Gasteiger partial charge in [-0.05, 0) is 0 Å². The Labute approximate surface area is 89.0 Å². The molecule has 1 aliphatic heterocycles. The summed E-state index contributed by atoms with van der Waals surface area (Å²) < 4.78 is 38.9. The number of quaternary nitrogens is 1. The van der Waals surface area contributed by atoms with E-state index in [1.165, 1.54) is 0 Å². The van der Waals surface area contributed by atoms with Gasteiger partial charge < -0.3 is 13.8 Å². The van der Waals surface area contributed by atoms with Gasteiger partial charge in [-0.25, -0.2) is 8.42 Å². The van der Waals surface area contributed by atoms with Crippen molar-refractivity contribution >= 4 is 10.4 Å². The maximum Gasteiger partial charge on any atom is 0.215 e. The summed E-state index contributed by atoms with van der Waals surface area (Å²) in [6.45, 7) is 4.18. The first-order valence-electron chi connectivity index (χ1n) is 4.23. The van der Waals surface area contributed by atoms with Crippen molar-refractivity contribution in [3.8, 4) is 6.07 Å². The van der Waals surface area contributed by atoms with Crippen LogP contribution in [0.3, 0.4) is 0 Å². The van der Waals surface area contributed by atoms with Crippen LogP contribution < -0.4 is 0 Å². The Hall–Kier alpha value is -0.720. The largest absolute Gasteiger partial charge is 0.726 e. The van der Waals surface area contributed by atoms with Crippen molar-refractivity contribution in [1.29, 1.82) is 5.26 Å². The van der Waals surface area contributed by atoms with Crippen LogP contribution in [0.5, 0.6) is 0 Å². The van der Waals surface area contributed by atoms with Crippen molar-refractivity contribution in [2.75, 3.05) is 39.9 Å². The number of rotatable bonds is 1. The number of nitriles is 1. The molecule has 0 spiro atoms. The molecular formula is C7H14N2O5S. The van der Waals surface area contributed by atoms with Crippen LogP contribution in [-0.2, 0) is 15.1 Å². The second kappa shape index (κ2) is 5.99. The first kappa shape index (κ1) is 14.3. The van der Waals surface area contributed by atoms with E-state index in [0.717, 1.165) is 30.8 Å². The Bertz CT molecular complexity index is 307. The maximum atomic E-state index is 8.63. The van der Waals surface area contributed by atoms with Gasteiger partial charge in [-0.1, -0.05) is 0 Å². The van der Waals surface area contributed by atoms with E-state index in [1.807, 2.05) is 0 Å². The number of ether oxygens (including phenoxy) is 1. The van der Waals surface area contributed by atoms with Crippen LogP contribution in [0.1, 0.15) is 0 Å². The van der Waals surface area contributed by atoms with E-state index in [-0.39, 0.29) is 0 Å². The summed E-state index contributed by atoms with van der Waals surface area (Å²) in [5.74, 6) is 0. The standard InChI is InChI=1S/C7H13N2O.H2O4S/c1-9(3-2-8)4-6-10-7-5-9;1-5(2,3)4/h3-7H2,1H3;(H2,1,2,3,4)/q+1;/p-1. The molecule has 1 fully saturated rings. The van der Waals surface area contributed by atoms with Crippen LogP contribution in [-0.4, -0.2) is 61.9 Å². The first-order valence-corrected chi connectivity index (χ1v) is 5.60. The summed E-state index contributed by atoms with van der Waals surface area (Å²) in [5, 5.41) is 8.48. The zero-order valence-corrected chi connectivity index (χ0v) is 9.23. The lowest BCUT2D eigenvalue weighted by atomic mass is 10.3. The lowest BCUT2D eigenvalue weighted by Gasteiger charge is -2.35. The van der Waals surface area contributed by atoms with Gasteiger partial charge in [0.2, 0.25) is 10.4 Å². The summed E-state index contributed by atoms with van der Waals surface area (Å²) in [7, 11) is -2.81. The molecule has 15 heavy (non-hydrogen) atoms. The molecule has 0 saturated carbocycles. The molecule has 1 rings (SSSR count). The second-order valence-corrected chi connectivity index (χ2v) is 4.28. The molecule has 0 aliphatic carbocycles. The highest BCUT2D eigenvalue weighted by atomic mass is 32.3. The Morgan fingerprint density at radius 2 is 1.93 bits per heavy atom. The summed E-state index contributed by atoms with van der Waals surface area (Å²) in [4.78, 5) is 0. The van der Waals surface area contributed by atoms with E-state index in [0.29, 0.717) is 6.54 Å². The molecule has 0 radical (unpaired) electrons. The van der Waals surface area contributed by atoms with Crippen molar-refractivity contribution in [1.82, 2.24) is 0 Å². The summed E-state index contributed by atoms with van der Waals surface area (Å²) in [5.41, 5.74) is 0. The Balaban J connectivity index is 0.000000336. The van der Waals surface area contributed by atoms with E-state index >= 15 is 0 Å². The normalized spacial score (nSPS) is 19.6. The van der Waals surface area contributed by atoms with Gasteiger partial charge in [0, 0.05) is 0 Å². The van der Waals surface area contributed by atoms with E-state index in [4.69, 9.17) is 27.5 Å². The topological polar surface area (TPSA) is 110 Å². The molecule has 0 unspecified atom stereocenters. The number of hydrogen-bond acceptors (Lipinski definition) is 5. The van der Waals surface area contributed by atoms with Crippen molar-refractivity contribution in [2.45, 2.75) is 0 Å². The molecule has 1 saturated heterocycles. The van der Waals surface area contributed by atoms with Crippen LogP contribution >= 0.6 is 0 Å². The number of likely N-dealkylation sites (N-methyl/N-ethyl adjacent to an activating group) is 1. The smallest absolute Gasteiger partial charge is 0.215 e. The fourth-order valence-corrected chi connectivity index (χ4v) is 1.11. The number of nitrogens with zero attached hydrogens (tertiary/aromatic N) is 2. The van der Waals surface area contributed by atoms with Gasteiger partial charge in [-0.3, -0.25) is 4.55 Å². The minimum Gasteiger partial charge on any atom is -0.726 e. The predicted octanol–water partition coefficient (Wildman–Crippen LogP) is -1.01. The van der Waals surface area contributed by atoms with Gasteiger partial charge in [-0.2, -0.15) is 5.26 Å². The summed E-state index contributed by atoms with van der Waals surface area (Å²) in [6.07, 6.45) is 0. The van der Waals surface area contributed by atoms with Gasteiger partial charge in [0.1, 0.15) is 19.2 Å². The van der Waals surface area contributed by atoms with Crippen LogP contribution in [0.2, 0.25) is 0 Å². The minimum atomic E-state index is -4.92. The predicted molar refractivity (Wildman–Crippen MR) is 49.5 cm³/mol. The fourth-order valence-electron chi connectivity index (χ4n) is 1.11. The molecule has 1 N–H and O–H groups in total. The molecule has 0 atom stereocenters. The lowest BCUT2D eigenvalue weighted by molar-refractivity contribution is -0.910. The molecule has 1 heterocycles.